The molecule has 2 aliphatic rings. The van der Waals surface area contributed by atoms with Crippen molar-refractivity contribution in [2.75, 3.05) is 31.1 Å². The topological polar surface area (TPSA) is 86.7 Å². The molecule has 2 fully saturated rings. The highest BCUT2D eigenvalue weighted by molar-refractivity contribution is 5.93. The van der Waals surface area contributed by atoms with Gasteiger partial charge in [0.2, 0.25) is 17.5 Å². The fraction of sp³-hybridized carbons (Fsp3) is 0.286. The molecule has 0 bridgehead atoms. The van der Waals surface area contributed by atoms with Crippen LogP contribution in [0.5, 0.6) is 0 Å². The number of carboxylic acid groups (broad SMARTS) is 1. The van der Waals surface area contributed by atoms with Crippen molar-refractivity contribution in [3.63, 3.8) is 0 Å². The Morgan fingerprint density at radius 3 is 2.49 bits per heavy atom. The molecule has 8 nitrogen and oxygen atoms in total. The standard InChI is InChI=1S/C28H25FN4O4/c29-22-14-20-24(33(19-7-8-19)16-21(27(20)35)28(36)37)15-25(22)30-10-12-31(13-11-30)26(34)17-32-9-3-5-18-4-1-2-6-23(18)32/h1-6,9,14-16,19H,7-8,10-13,17H2/p+1. The number of carbonyl (C=O) groups is 2. The molecular weight excluding hydrogens is 475 g/mol. The number of aromatic nitrogens is 2. The summed E-state index contributed by atoms with van der Waals surface area (Å²) in [6.07, 6.45) is 5.06. The number of fused-ring (bicyclic) bond motifs is 2. The third-order valence-corrected chi connectivity index (χ3v) is 7.34. The van der Waals surface area contributed by atoms with Gasteiger partial charge in [-0.25, -0.2) is 9.18 Å². The molecule has 2 aromatic carbocycles. The van der Waals surface area contributed by atoms with Crippen molar-refractivity contribution in [2.24, 2.45) is 0 Å². The van der Waals surface area contributed by atoms with E-state index in [9.17, 15) is 19.5 Å². The van der Waals surface area contributed by atoms with E-state index in [4.69, 9.17) is 0 Å². The Morgan fingerprint density at radius 1 is 1.03 bits per heavy atom. The van der Waals surface area contributed by atoms with E-state index in [0.717, 1.165) is 29.8 Å². The Kier molecular flexibility index (Phi) is 5.62. The average Bonchev–Trinajstić information content (AvgIpc) is 3.74. The predicted molar refractivity (Wildman–Crippen MR) is 136 cm³/mol. The molecule has 0 unspecified atom stereocenters. The number of carbonyl (C=O) groups excluding carboxylic acids is 1. The van der Waals surface area contributed by atoms with Crippen molar-refractivity contribution in [1.82, 2.24) is 9.47 Å². The van der Waals surface area contributed by atoms with E-state index in [1.165, 1.54) is 6.20 Å². The van der Waals surface area contributed by atoms with Crippen LogP contribution in [-0.2, 0) is 11.3 Å². The molecule has 188 valence electrons. The van der Waals surface area contributed by atoms with E-state index in [1.807, 2.05) is 52.1 Å². The number of pyridine rings is 2. The Balaban J connectivity index is 1.23. The van der Waals surface area contributed by atoms with Crippen LogP contribution in [0.4, 0.5) is 10.1 Å². The van der Waals surface area contributed by atoms with E-state index in [2.05, 4.69) is 0 Å². The van der Waals surface area contributed by atoms with E-state index in [1.54, 1.807) is 15.5 Å². The van der Waals surface area contributed by atoms with E-state index >= 15 is 4.39 Å². The number of benzene rings is 2. The number of carboxylic acids is 1. The summed E-state index contributed by atoms with van der Waals surface area (Å²) >= 11 is 0. The van der Waals surface area contributed by atoms with Gasteiger partial charge in [0, 0.05) is 61.3 Å². The highest BCUT2D eigenvalue weighted by Crippen LogP contribution is 2.38. The van der Waals surface area contributed by atoms with Crippen LogP contribution in [0.25, 0.3) is 21.8 Å². The summed E-state index contributed by atoms with van der Waals surface area (Å²) < 4.78 is 19.0. The monoisotopic (exact) mass is 501 g/mol. The summed E-state index contributed by atoms with van der Waals surface area (Å²) in [5, 5.41) is 10.6. The maximum atomic E-state index is 15.2. The predicted octanol–water partition coefficient (Wildman–Crippen LogP) is 2.96. The first kappa shape index (κ1) is 23.1. The molecule has 1 aliphatic carbocycles. The number of hydrogen-bond donors (Lipinski definition) is 1. The molecule has 1 saturated heterocycles. The first-order valence-electron chi connectivity index (χ1n) is 12.4. The second-order valence-corrected chi connectivity index (χ2v) is 9.70. The third-order valence-electron chi connectivity index (χ3n) is 7.34. The molecule has 37 heavy (non-hydrogen) atoms. The van der Waals surface area contributed by atoms with Gasteiger partial charge < -0.3 is 19.5 Å². The minimum Gasteiger partial charge on any atom is -0.477 e. The second kappa shape index (κ2) is 8.99. The highest BCUT2D eigenvalue weighted by atomic mass is 19.1. The van der Waals surface area contributed by atoms with Crippen molar-refractivity contribution in [1.29, 1.82) is 0 Å². The van der Waals surface area contributed by atoms with E-state index in [-0.39, 0.29) is 29.4 Å². The molecule has 1 N–H and O–H groups in total. The minimum absolute atomic E-state index is 0.00348. The molecule has 6 rings (SSSR count). The zero-order chi connectivity index (χ0) is 25.7. The Morgan fingerprint density at radius 2 is 1.76 bits per heavy atom. The van der Waals surface area contributed by atoms with Gasteiger partial charge in [0.1, 0.15) is 11.4 Å². The van der Waals surface area contributed by atoms with Gasteiger partial charge in [-0.1, -0.05) is 12.1 Å². The van der Waals surface area contributed by atoms with Crippen molar-refractivity contribution in [2.45, 2.75) is 25.4 Å². The van der Waals surface area contributed by atoms with Gasteiger partial charge in [0.05, 0.1) is 11.2 Å². The van der Waals surface area contributed by atoms with Crippen LogP contribution in [0.2, 0.25) is 0 Å². The number of aromatic carboxylic acids is 1. The van der Waals surface area contributed by atoms with Crippen LogP contribution in [0.3, 0.4) is 0 Å². The maximum absolute atomic E-state index is 15.2. The number of amides is 1. The van der Waals surface area contributed by atoms with Gasteiger partial charge in [-0.3, -0.25) is 9.59 Å². The normalized spacial score (nSPS) is 15.9. The lowest BCUT2D eigenvalue weighted by atomic mass is 10.1. The maximum Gasteiger partial charge on any atom is 0.341 e. The minimum atomic E-state index is -1.31. The van der Waals surface area contributed by atoms with Crippen molar-refractivity contribution >= 4 is 39.4 Å². The molecule has 9 heteroatoms. The van der Waals surface area contributed by atoms with Gasteiger partial charge in [-0.05, 0) is 37.1 Å². The smallest absolute Gasteiger partial charge is 0.341 e. The molecule has 0 atom stereocenters. The van der Waals surface area contributed by atoms with Crippen LogP contribution in [0, 0.1) is 5.82 Å². The lowest BCUT2D eigenvalue weighted by Crippen LogP contribution is -2.52. The molecule has 1 aliphatic heterocycles. The summed E-state index contributed by atoms with van der Waals surface area (Å²) in [6, 6.07) is 14.8. The number of nitrogens with zero attached hydrogens (tertiary/aromatic N) is 4. The zero-order valence-corrected chi connectivity index (χ0v) is 20.1. The summed E-state index contributed by atoms with van der Waals surface area (Å²) in [7, 11) is 0. The lowest BCUT2D eigenvalue weighted by molar-refractivity contribution is -0.659. The van der Waals surface area contributed by atoms with Gasteiger partial charge in [-0.2, -0.15) is 4.57 Å². The summed E-state index contributed by atoms with van der Waals surface area (Å²) in [4.78, 5) is 41.1. The van der Waals surface area contributed by atoms with Crippen LogP contribution in [-0.4, -0.2) is 52.6 Å². The highest BCUT2D eigenvalue weighted by Gasteiger charge is 2.29. The number of para-hydroxylation sites is 1. The van der Waals surface area contributed by atoms with Crippen molar-refractivity contribution in [3.8, 4) is 0 Å². The number of halogens is 1. The lowest BCUT2D eigenvalue weighted by Gasteiger charge is -2.36. The van der Waals surface area contributed by atoms with Crippen molar-refractivity contribution in [3.05, 3.63) is 82.5 Å². The molecule has 1 saturated carbocycles. The molecule has 1 amide bonds. The average molecular weight is 502 g/mol. The molecule has 2 aromatic heterocycles. The fourth-order valence-corrected chi connectivity index (χ4v) is 5.21. The van der Waals surface area contributed by atoms with Gasteiger partial charge in [-0.15, -0.1) is 0 Å². The van der Waals surface area contributed by atoms with Crippen molar-refractivity contribution < 1.29 is 23.7 Å². The molecule has 3 heterocycles. The number of hydrogen-bond acceptors (Lipinski definition) is 4. The van der Waals surface area contributed by atoms with Crippen LogP contribution in [0.1, 0.15) is 29.2 Å². The Bertz CT molecular complexity index is 1620. The largest absolute Gasteiger partial charge is 0.477 e. The molecule has 4 aromatic rings. The zero-order valence-electron chi connectivity index (χ0n) is 20.1. The summed E-state index contributed by atoms with van der Waals surface area (Å²) in [6.45, 7) is 2.04. The Hall–Kier alpha value is -4.27. The van der Waals surface area contributed by atoms with Crippen LogP contribution >= 0.6 is 0 Å². The number of piperazine rings is 1. The van der Waals surface area contributed by atoms with Gasteiger partial charge >= 0.3 is 5.97 Å². The van der Waals surface area contributed by atoms with Crippen LogP contribution in [0.15, 0.2) is 65.7 Å². The first-order chi connectivity index (χ1) is 17.9. The van der Waals surface area contributed by atoms with Gasteiger partial charge in [0.15, 0.2) is 6.20 Å². The van der Waals surface area contributed by atoms with E-state index < -0.39 is 17.2 Å². The summed E-state index contributed by atoms with van der Waals surface area (Å²) in [5.41, 5.74) is 0.872. The number of rotatable bonds is 5. The fourth-order valence-electron chi connectivity index (χ4n) is 5.21. The molecule has 0 spiro atoms. The summed E-state index contributed by atoms with van der Waals surface area (Å²) in [5.74, 6) is -1.88. The number of anilines is 1. The SMILES string of the molecule is O=C(O)c1cn(C2CC2)c2cc(N3CCN(C(=O)C[n+]4cccc5ccccc54)CC3)c(F)cc2c1=O. The quantitative estimate of drug-likeness (QED) is 0.425. The third kappa shape index (κ3) is 4.20. The second-order valence-electron chi connectivity index (χ2n) is 9.70. The van der Waals surface area contributed by atoms with E-state index in [0.29, 0.717) is 37.4 Å². The Labute approximate surface area is 211 Å². The molecule has 0 radical (unpaired) electrons. The molecular formula is C28H26FN4O4+. The first-order valence-corrected chi connectivity index (χ1v) is 12.4. The van der Waals surface area contributed by atoms with Gasteiger partial charge in [0.25, 0.3) is 5.91 Å². The van der Waals surface area contributed by atoms with Crippen LogP contribution < -0.4 is 14.9 Å².